The molecule has 6 heteroatoms. The van der Waals surface area contributed by atoms with Crippen molar-refractivity contribution in [3.8, 4) is 0 Å². The van der Waals surface area contributed by atoms with E-state index in [2.05, 4.69) is 17.2 Å². The molecule has 0 amide bonds. The van der Waals surface area contributed by atoms with Crippen LogP contribution in [0.3, 0.4) is 0 Å². The van der Waals surface area contributed by atoms with Crippen LogP contribution < -0.4 is 5.32 Å². The smallest absolute Gasteiger partial charge is 0.246 e. The first kappa shape index (κ1) is 14.3. The molecule has 19 heavy (non-hydrogen) atoms. The number of anilines is 1. The van der Waals surface area contributed by atoms with Gasteiger partial charge in [-0.05, 0) is 37.8 Å². The Kier molecular flexibility index (Phi) is 4.10. The summed E-state index contributed by atoms with van der Waals surface area (Å²) in [6.45, 7) is 4.65. The Morgan fingerprint density at radius 3 is 2.79 bits per heavy atom. The van der Waals surface area contributed by atoms with Gasteiger partial charge in [0.25, 0.3) is 0 Å². The predicted octanol–water partition coefficient (Wildman–Crippen LogP) is 1.93. The average Bonchev–Trinajstić information content (AvgIpc) is 2.41. The number of rotatable bonds is 3. The molecule has 5 nitrogen and oxygen atoms in total. The second-order valence-electron chi connectivity index (χ2n) is 5.21. The Hall–Kier alpha value is -1.14. The number of aromatic nitrogens is 1. The van der Waals surface area contributed by atoms with Gasteiger partial charge >= 0.3 is 0 Å². The van der Waals surface area contributed by atoms with Crippen molar-refractivity contribution in [2.24, 2.45) is 5.92 Å². The third-order valence-electron chi connectivity index (χ3n) is 3.65. The zero-order valence-electron chi connectivity index (χ0n) is 11.6. The molecule has 1 aromatic rings. The molecule has 0 aliphatic carbocycles. The van der Waals surface area contributed by atoms with Crippen LogP contribution in [0.2, 0.25) is 0 Å². The molecular weight excluding hydrogens is 262 g/mol. The molecule has 1 fully saturated rings. The summed E-state index contributed by atoms with van der Waals surface area (Å²) in [5, 5.41) is 2.85. The molecular formula is C13H21N3O2S. The molecule has 0 spiro atoms. The summed E-state index contributed by atoms with van der Waals surface area (Å²) in [7, 11) is -1.79. The highest BCUT2D eigenvalue weighted by Crippen LogP contribution is 2.30. The van der Waals surface area contributed by atoms with E-state index in [0.29, 0.717) is 18.3 Å². The first-order chi connectivity index (χ1) is 8.96. The summed E-state index contributed by atoms with van der Waals surface area (Å²) in [4.78, 5) is 4.35. The van der Waals surface area contributed by atoms with Gasteiger partial charge in [-0.2, -0.15) is 4.31 Å². The SMILES string of the molecule is CNc1ncccc1S(=O)(=O)N1CC(C)CCC1C. The first-order valence-electron chi connectivity index (χ1n) is 6.61. The lowest BCUT2D eigenvalue weighted by Gasteiger charge is -2.35. The summed E-state index contributed by atoms with van der Waals surface area (Å²) in [6, 6.07) is 3.32. The molecule has 1 aliphatic heterocycles. The molecule has 1 aromatic heterocycles. The Labute approximate surface area is 115 Å². The highest BCUT2D eigenvalue weighted by atomic mass is 32.2. The molecule has 2 rings (SSSR count). The molecule has 2 atom stereocenters. The number of sulfonamides is 1. The molecule has 1 saturated heterocycles. The van der Waals surface area contributed by atoms with Crippen molar-refractivity contribution < 1.29 is 8.42 Å². The number of nitrogens with zero attached hydrogens (tertiary/aromatic N) is 2. The van der Waals surface area contributed by atoms with Crippen molar-refractivity contribution in [3.63, 3.8) is 0 Å². The molecule has 106 valence electrons. The first-order valence-corrected chi connectivity index (χ1v) is 8.05. The lowest BCUT2D eigenvalue weighted by atomic mass is 9.97. The maximum absolute atomic E-state index is 12.8. The van der Waals surface area contributed by atoms with Crippen LogP contribution >= 0.6 is 0 Å². The fourth-order valence-electron chi connectivity index (χ4n) is 2.50. The van der Waals surface area contributed by atoms with E-state index in [1.807, 2.05) is 6.92 Å². The molecule has 0 bridgehead atoms. The average molecular weight is 283 g/mol. The van der Waals surface area contributed by atoms with E-state index >= 15 is 0 Å². The normalized spacial score (nSPS) is 25.2. The molecule has 1 N–H and O–H groups in total. The Bertz CT molecular complexity index is 545. The van der Waals surface area contributed by atoms with Crippen molar-refractivity contribution >= 4 is 15.8 Å². The highest BCUT2D eigenvalue weighted by molar-refractivity contribution is 7.89. The molecule has 0 aromatic carbocycles. The van der Waals surface area contributed by atoms with Crippen LogP contribution in [0.15, 0.2) is 23.2 Å². The maximum Gasteiger partial charge on any atom is 0.246 e. The minimum atomic E-state index is -3.48. The fourth-order valence-corrected chi connectivity index (χ4v) is 4.43. The van der Waals surface area contributed by atoms with Gasteiger partial charge in [0, 0.05) is 25.8 Å². The lowest BCUT2D eigenvalue weighted by Crippen LogP contribution is -2.45. The second kappa shape index (κ2) is 5.46. The van der Waals surface area contributed by atoms with Gasteiger partial charge < -0.3 is 5.32 Å². The minimum absolute atomic E-state index is 0.0473. The summed E-state index contributed by atoms with van der Waals surface area (Å²) in [5.74, 6) is 0.814. The number of nitrogens with one attached hydrogen (secondary N) is 1. The largest absolute Gasteiger partial charge is 0.372 e. The van der Waals surface area contributed by atoms with E-state index in [1.165, 1.54) is 0 Å². The van der Waals surface area contributed by atoms with E-state index in [0.717, 1.165) is 12.8 Å². The number of hydrogen-bond acceptors (Lipinski definition) is 4. The van der Waals surface area contributed by atoms with Crippen molar-refractivity contribution in [2.45, 2.75) is 37.6 Å². The van der Waals surface area contributed by atoms with Crippen LogP contribution in [0.5, 0.6) is 0 Å². The van der Waals surface area contributed by atoms with Crippen LogP contribution in [-0.4, -0.2) is 37.3 Å². The molecule has 2 heterocycles. The predicted molar refractivity (Wildman–Crippen MR) is 75.5 cm³/mol. The van der Waals surface area contributed by atoms with Gasteiger partial charge in [0.05, 0.1) is 0 Å². The number of piperidine rings is 1. The zero-order chi connectivity index (χ0) is 14.0. The van der Waals surface area contributed by atoms with Crippen molar-refractivity contribution in [1.29, 1.82) is 0 Å². The topological polar surface area (TPSA) is 62.3 Å². The van der Waals surface area contributed by atoms with E-state index in [9.17, 15) is 8.42 Å². The molecule has 1 aliphatic rings. The van der Waals surface area contributed by atoms with Gasteiger partial charge in [-0.1, -0.05) is 6.92 Å². The Morgan fingerprint density at radius 1 is 1.37 bits per heavy atom. The number of pyridine rings is 1. The quantitative estimate of drug-likeness (QED) is 0.920. The fraction of sp³-hybridized carbons (Fsp3) is 0.615. The lowest BCUT2D eigenvalue weighted by molar-refractivity contribution is 0.218. The van der Waals surface area contributed by atoms with E-state index in [-0.39, 0.29) is 10.9 Å². The zero-order valence-corrected chi connectivity index (χ0v) is 12.4. The third kappa shape index (κ3) is 2.74. The summed E-state index contributed by atoms with van der Waals surface area (Å²) < 4.78 is 27.1. The van der Waals surface area contributed by atoms with Gasteiger partial charge in [0.2, 0.25) is 10.0 Å². The van der Waals surface area contributed by atoms with E-state index in [1.54, 1.807) is 29.7 Å². The van der Waals surface area contributed by atoms with Crippen LogP contribution in [-0.2, 0) is 10.0 Å². The van der Waals surface area contributed by atoms with Crippen LogP contribution in [0.4, 0.5) is 5.82 Å². The van der Waals surface area contributed by atoms with Crippen LogP contribution in [0.1, 0.15) is 26.7 Å². The monoisotopic (exact) mass is 283 g/mol. The van der Waals surface area contributed by atoms with Crippen molar-refractivity contribution in [3.05, 3.63) is 18.3 Å². The molecule has 2 unspecified atom stereocenters. The standard InChI is InChI=1S/C13H21N3O2S/c1-10-6-7-11(2)16(9-10)19(17,18)12-5-4-8-15-13(12)14-3/h4-5,8,10-11H,6-7,9H2,1-3H3,(H,14,15). The van der Waals surface area contributed by atoms with E-state index < -0.39 is 10.0 Å². The van der Waals surface area contributed by atoms with Gasteiger partial charge in [-0.15, -0.1) is 0 Å². The minimum Gasteiger partial charge on any atom is -0.372 e. The summed E-state index contributed by atoms with van der Waals surface area (Å²) in [5.41, 5.74) is 0. The highest BCUT2D eigenvalue weighted by Gasteiger charge is 2.34. The Morgan fingerprint density at radius 2 is 2.11 bits per heavy atom. The summed E-state index contributed by atoms with van der Waals surface area (Å²) >= 11 is 0. The molecule has 0 saturated carbocycles. The van der Waals surface area contributed by atoms with E-state index in [4.69, 9.17) is 0 Å². The van der Waals surface area contributed by atoms with Gasteiger partial charge in [0.1, 0.15) is 10.7 Å². The van der Waals surface area contributed by atoms with Crippen LogP contribution in [0.25, 0.3) is 0 Å². The third-order valence-corrected chi connectivity index (χ3v) is 5.67. The van der Waals surface area contributed by atoms with Gasteiger partial charge in [-0.25, -0.2) is 13.4 Å². The van der Waals surface area contributed by atoms with Crippen molar-refractivity contribution in [1.82, 2.24) is 9.29 Å². The van der Waals surface area contributed by atoms with Crippen LogP contribution in [0, 0.1) is 5.92 Å². The number of hydrogen-bond donors (Lipinski definition) is 1. The molecule has 0 radical (unpaired) electrons. The maximum atomic E-state index is 12.8. The Balaban J connectivity index is 2.41. The van der Waals surface area contributed by atoms with Gasteiger partial charge in [-0.3, -0.25) is 0 Å². The van der Waals surface area contributed by atoms with Crippen molar-refractivity contribution in [2.75, 3.05) is 18.9 Å². The second-order valence-corrected chi connectivity index (χ2v) is 7.07. The summed E-state index contributed by atoms with van der Waals surface area (Å²) in [6.07, 6.45) is 3.59. The van der Waals surface area contributed by atoms with Gasteiger partial charge in [0.15, 0.2) is 0 Å².